The number of rotatable bonds is 8. The van der Waals surface area contributed by atoms with E-state index in [1.807, 2.05) is 0 Å². The summed E-state index contributed by atoms with van der Waals surface area (Å²) in [4.78, 5) is 45.2. The predicted molar refractivity (Wildman–Crippen MR) is 97.2 cm³/mol. The van der Waals surface area contributed by atoms with Crippen LogP contribution in [0.3, 0.4) is 0 Å². The molecule has 0 saturated heterocycles. The van der Waals surface area contributed by atoms with E-state index in [0.29, 0.717) is 28.2 Å². The molecule has 0 fully saturated rings. The minimum Gasteiger partial charge on any atom is -0.337 e. The third-order valence-electron chi connectivity index (χ3n) is 4.65. The second kappa shape index (κ2) is 11.2. The first-order chi connectivity index (χ1) is 16.2. The van der Waals surface area contributed by atoms with Gasteiger partial charge in [0.15, 0.2) is 0 Å². The lowest BCUT2D eigenvalue weighted by Crippen LogP contribution is -2.60. The van der Waals surface area contributed by atoms with Crippen LogP contribution in [-0.2, 0) is 19.2 Å². The highest BCUT2D eigenvalue weighted by Crippen LogP contribution is 2.31. The van der Waals surface area contributed by atoms with Crippen LogP contribution in [0, 0.1) is 5.41 Å². The molecule has 0 bridgehead atoms. The van der Waals surface area contributed by atoms with E-state index in [-0.39, 0.29) is 19.6 Å². The van der Waals surface area contributed by atoms with Crippen LogP contribution >= 0.6 is 0 Å². The summed E-state index contributed by atoms with van der Waals surface area (Å²) in [6.07, 6.45) is -22.6. The first kappa shape index (κ1) is 34.0. The Bertz CT molecular complexity index is 725. The smallest absolute Gasteiger partial charge is 0.337 e. The van der Waals surface area contributed by atoms with Gasteiger partial charge in [0.05, 0.1) is 0 Å². The Labute approximate surface area is 200 Å². The number of amides is 4. The second-order valence-corrected chi connectivity index (χ2v) is 8.14. The minimum atomic E-state index is -5.64. The van der Waals surface area contributed by atoms with E-state index in [4.69, 9.17) is 0 Å². The molecule has 0 unspecified atom stereocenters. The number of nitrogens with zero attached hydrogens (tertiary/aromatic N) is 4. The molecule has 0 aliphatic heterocycles. The highest BCUT2D eigenvalue weighted by atomic mass is 19.4. The predicted octanol–water partition coefficient (Wildman–Crippen LogP) is 2.06. The van der Waals surface area contributed by atoms with Crippen LogP contribution in [-0.4, -0.2) is 122 Å². The van der Waals surface area contributed by atoms with E-state index in [0.717, 1.165) is 0 Å². The number of hydrogen-bond donors (Lipinski definition) is 0. The third-order valence-corrected chi connectivity index (χ3v) is 4.65. The average Bonchev–Trinajstić information content (AvgIpc) is 2.68. The molecular formula is C17H20F12N4O4. The summed E-state index contributed by atoms with van der Waals surface area (Å²) in [5, 5.41) is 0. The molecule has 0 saturated carbocycles. The lowest BCUT2D eigenvalue weighted by atomic mass is 9.84. The van der Waals surface area contributed by atoms with Gasteiger partial charge in [0.1, 0.15) is 0 Å². The van der Waals surface area contributed by atoms with Crippen LogP contribution < -0.4 is 0 Å². The van der Waals surface area contributed by atoms with Crippen LogP contribution in [0.4, 0.5) is 52.7 Å². The molecule has 20 heteroatoms. The van der Waals surface area contributed by atoms with Gasteiger partial charge >= 0.3 is 48.3 Å². The molecular weight excluding hydrogens is 552 g/mol. The molecule has 0 rings (SSSR count). The van der Waals surface area contributed by atoms with E-state index >= 15 is 0 Å². The van der Waals surface area contributed by atoms with Crippen molar-refractivity contribution < 1.29 is 71.9 Å². The molecule has 4 amide bonds. The SMILES string of the molecule is CN(CC(CN(C)C(=O)C(F)(F)F)(CN(C)C(=O)C(F)(F)F)CN(C)C(=O)C(F)(F)F)C(=O)C(F)(F)F. The quantitative estimate of drug-likeness (QED) is 0.418. The van der Waals surface area contributed by atoms with E-state index in [2.05, 4.69) is 0 Å². The minimum absolute atomic E-state index is 0.288. The monoisotopic (exact) mass is 572 g/mol. The van der Waals surface area contributed by atoms with Crippen molar-refractivity contribution in [3.05, 3.63) is 0 Å². The number of hydrogen-bond acceptors (Lipinski definition) is 4. The Morgan fingerprint density at radius 1 is 0.405 bits per heavy atom. The maximum absolute atomic E-state index is 12.9. The zero-order chi connectivity index (χ0) is 29.9. The summed E-state index contributed by atoms with van der Waals surface area (Å²) in [7, 11) is 1.47. The molecule has 0 aliphatic carbocycles. The van der Waals surface area contributed by atoms with Gasteiger partial charge in [-0.05, 0) is 0 Å². The lowest BCUT2D eigenvalue weighted by molar-refractivity contribution is -0.194. The van der Waals surface area contributed by atoms with Crippen molar-refractivity contribution >= 4 is 23.6 Å². The summed E-state index contributed by atoms with van der Waals surface area (Å²) in [6, 6.07) is 0. The maximum Gasteiger partial charge on any atom is 0.471 e. The molecule has 0 aromatic carbocycles. The molecule has 8 nitrogen and oxygen atoms in total. The van der Waals surface area contributed by atoms with Crippen molar-refractivity contribution in [3.63, 3.8) is 0 Å². The van der Waals surface area contributed by atoms with Gasteiger partial charge in [-0.3, -0.25) is 19.2 Å². The van der Waals surface area contributed by atoms with Gasteiger partial charge in [0.2, 0.25) is 0 Å². The second-order valence-electron chi connectivity index (χ2n) is 8.14. The molecule has 0 radical (unpaired) electrons. The Morgan fingerprint density at radius 3 is 0.649 bits per heavy atom. The van der Waals surface area contributed by atoms with Crippen LogP contribution in [0.5, 0.6) is 0 Å². The molecule has 0 atom stereocenters. The first-order valence-corrected chi connectivity index (χ1v) is 9.45. The van der Waals surface area contributed by atoms with Crippen molar-refractivity contribution in [2.24, 2.45) is 5.41 Å². The van der Waals surface area contributed by atoms with Gasteiger partial charge in [0, 0.05) is 59.8 Å². The van der Waals surface area contributed by atoms with Crippen molar-refractivity contribution in [2.75, 3.05) is 54.4 Å². The van der Waals surface area contributed by atoms with Gasteiger partial charge in [-0.15, -0.1) is 0 Å². The molecule has 216 valence electrons. The summed E-state index contributed by atoms with van der Waals surface area (Å²) in [5.41, 5.74) is -2.80. The normalized spacial score (nSPS) is 13.2. The maximum atomic E-state index is 12.9. The zero-order valence-electron chi connectivity index (χ0n) is 19.3. The topological polar surface area (TPSA) is 81.2 Å². The Kier molecular flexibility index (Phi) is 10.3. The van der Waals surface area contributed by atoms with Crippen LogP contribution in [0.2, 0.25) is 0 Å². The first-order valence-electron chi connectivity index (χ1n) is 9.45. The van der Waals surface area contributed by atoms with Gasteiger partial charge in [0.25, 0.3) is 0 Å². The van der Waals surface area contributed by atoms with Crippen molar-refractivity contribution in [1.82, 2.24) is 19.6 Å². The molecule has 0 aliphatic rings. The molecule has 0 aromatic rings. The van der Waals surface area contributed by atoms with Gasteiger partial charge in [-0.25, -0.2) is 0 Å². The highest BCUT2D eigenvalue weighted by Gasteiger charge is 2.51. The Hall–Kier alpha value is -2.96. The summed E-state index contributed by atoms with van der Waals surface area (Å²) >= 11 is 0. The number of alkyl halides is 12. The highest BCUT2D eigenvalue weighted by molar-refractivity contribution is 5.84. The van der Waals surface area contributed by atoms with Crippen LogP contribution in [0.15, 0.2) is 0 Å². The van der Waals surface area contributed by atoms with E-state index in [9.17, 15) is 71.9 Å². The fraction of sp³-hybridized carbons (Fsp3) is 0.765. The lowest BCUT2D eigenvalue weighted by Gasteiger charge is -2.44. The number of carbonyl (C=O) groups excluding carboxylic acids is 4. The van der Waals surface area contributed by atoms with Gasteiger partial charge < -0.3 is 19.6 Å². The largest absolute Gasteiger partial charge is 0.471 e. The van der Waals surface area contributed by atoms with Crippen LogP contribution in [0.1, 0.15) is 0 Å². The van der Waals surface area contributed by atoms with Crippen molar-refractivity contribution in [1.29, 1.82) is 0 Å². The average molecular weight is 572 g/mol. The van der Waals surface area contributed by atoms with Gasteiger partial charge in [-0.1, -0.05) is 0 Å². The fourth-order valence-corrected chi connectivity index (χ4v) is 3.47. The summed E-state index contributed by atoms with van der Waals surface area (Å²) in [6.45, 7) is -6.20. The third kappa shape index (κ3) is 9.78. The van der Waals surface area contributed by atoms with Crippen LogP contribution in [0.25, 0.3) is 0 Å². The number of carbonyl (C=O) groups is 4. The number of halogens is 12. The molecule has 0 aromatic heterocycles. The van der Waals surface area contributed by atoms with E-state index in [1.54, 1.807) is 0 Å². The molecule has 0 N–H and O–H groups in total. The van der Waals surface area contributed by atoms with E-state index in [1.165, 1.54) is 0 Å². The van der Waals surface area contributed by atoms with E-state index < -0.39 is 79.9 Å². The summed E-state index contributed by atoms with van der Waals surface area (Å²) in [5.74, 6) is -10.8. The molecule has 0 heterocycles. The van der Waals surface area contributed by atoms with Gasteiger partial charge in [-0.2, -0.15) is 52.7 Å². The zero-order valence-corrected chi connectivity index (χ0v) is 19.3. The van der Waals surface area contributed by atoms with Crippen molar-refractivity contribution in [2.45, 2.75) is 24.7 Å². The molecule has 37 heavy (non-hydrogen) atoms. The molecule has 0 spiro atoms. The fourth-order valence-electron chi connectivity index (χ4n) is 3.47. The standard InChI is InChI=1S/C17H20F12N4O4/c1-30(9(34)14(18,19)20)5-13(6-31(2)10(35)15(21,22)23,7-32(3)11(36)16(24,25)26)8-33(4)12(37)17(27,28)29/h5-8H2,1-4H3. The summed E-state index contributed by atoms with van der Waals surface area (Å²) < 4.78 is 155. The Balaban J connectivity index is 6.84. The Morgan fingerprint density at radius 2 is 0.541 bits per heavy atom. The van der Waals surface area contributed by atoms with Crippen molar-refractivity contribution in [3.8, 4) is 0 Å².